The lowest BCUT2D eigenvalue weighted by molar-refractivity contribution is -0.236. The standard InChI is InChI=1S/C6H5NO2/c1-3-5-7-9-8-6-4-2/h1H2,2H3. The number of hydrogen-bond donors (Lipinski definition) is 0. The molecule has 0 aliphatic carbocycles. The number of rotatable bonds is 2. The molecule has 0 unspecified atom stereocenters. The first-order valence-corrected chi connectivity index (χ1v) is 2.13. The lowest BCUT2D eigenvalue weighted by atomic mass is 10.8. The van der Waals surface area contributed by atoms with Crippen LogP contribution in [-0.4, -0.2) is 5.87 Å². The van der Waals surface area contributed by atoms with Crippen LogP contribution < -0.4 is 0 Å². The Morgan fingerprint density at radius 2 is 2.33 bits per heavy atom. The molecule has 0 amide bonds. The predicted octanol–water partition coefficient (Wildman–Crippen LogP) is 0.841. The van der Waals surface area contributed by atoms with Crippen molar-refractivity contribution in [3.63, 3.8) is 0 Å². The average molecular weight is 123 g/mol. The van der Waals surface area contributed by atoms with Crippen molar-refractivity contribution in [3.05, 3.63) is 12.3 Å². The summed E-state index contributed by atoms with van der Waals surface area (Å²) >= 11 is 0. The second-order valence-corrected chi connectivity index (χ2v) is 0.890. The van der Waals surface area contributed by atoms with Gasteiger partial charge in [-0.3, -0.25) is 0 Å². The van der Waals surface area contributed by atoms with Crippen molar-refractivity contribution in [1.29, 1.82) is 0 Å². The summed E-state index contributed by atoms with van der Waals surface area (Å²) < 4.78 is 0. The zero-order chi connectivity index (χ0) is 6.95. The molecule has 0 fully saturated rings. The highest BCUT2D eigenvalue weighted by Crippen LogP contribution is 1.71. The van der Waals surface area contributed by atoms with E-state index in [1.807, 2.05) is 0 Å². The van der Waals surface area contributed by atoms with Gasteiger partial charge in [0, 0.05) is 12.1 Å². The normalized spacial score (nSPS) is 5.00. The first kappa shape index (κ1) is 7.39. The molecular weight excluding hydrogens is 118 g/mol. The maximum Gasteiger partial charge on any atom is 0.173 e. The SMILES string of the molecule is C=C=C=NOOC#CC. The van der Waals surface area contributed by atoms with Crippen LogP contribution in [0, 0.1) is 12.0 Å². The Morgan fingerprint density at radius 1 is 1.56 bits per heavy atom. The lowest BCUT2D eigenvalue weighted by Crippen LogP contribution is -1.74. The fourth-order valence-electron chi connectivity index (χ4n) is 0.130. The summed E-state index contributed by atoms with van der Waals surface area (Å²) in [6.45, 7) is 4.78. The van der Waals surface area contributed by atoms with E-state index in [2.05, 4.69) is 45.2 Å². The Morgan fingerprint density at radius 3 is 2.89 bits per heavy atom. The van der Waals surface area contributed by atoms with E-state index in [-0.39, 0.29) is 0 Å². The molecule has 0 saturated carbocycles. The Balaban J connectivity index is 3.38. The second kappa shape index (κ2) is 6.39. The molecule has 0 heterocycles. The lowest BCUT2D eigenvalue weighted by Gasteiger charge is -1.81. The van der Waals surface area contributed by atoms with Crippen molar-refractivity contribution in [3.8, 4) is 12.0 Å². The molecule has 3 nitrogen and oxygen atoms in total. The zero-order valence-electron chi connectivity index (χ0n) is 4.97. The Labute approximate surface area is 53.2 Å². The maximum absolute atomic E-state index is 4.13. The van der Waals surface area contributed by atoms with Gasteiger partial charge in [-0.2, -0.15) is 0 Å². The van der Waals surface area contributed by atoms with Crippen LogP contribution in [0.1, 0.15) is 6.92 Å². The molecule has 3 heteroatoms. The van der Waals surface area contributed by atoms with E-state index < -0.39 is 0 Å². The smallest absolute Gasteiger partial charge is 0.173 e. The highest BCUT2D eigenvalue weighted by Gasteiger charge is 1.66. The van der Waals surface area contributed by atoms with Gasteiger partial charge in [0.05, 0.1) is 5.87 Å². The highest BCUT2D eigenvalue weighted by atomic mass is 17.3. The van der Waals surface area contributed by atoms with Crippen LogP contribution in [-0.2, 0) is 9.88 Å². The summed E-state index contributed by atoms with van der Waals surface area (Å²) in [5.74, 6) is 4.58. The molecule has 0 aromatic rings. The molecular formula is C6H5NO2. The van der Waals surface area contributed by atoms with Gasteiger partial charge in [0.25, 0.3) is 0 Å². The van der Waals surface area contributed by atoms with E-state index in [4.69, 9.17) is 0 Å². The Hall–Kier alpha value is -1.61. The topological polar surface area (TPSA) is 30.8 Å². The molecule has 0 rings (SSSR count). The summed E-state index contributed by atoms with van der Waals surface area (Å²) in [6.07, 6.45) is 2.15. The van der Waals surface area contributed by atoms with E-state index in [1.165, 1.54) is 0 Å². The Kier molecular flexibility index (Phi) is 5.25. The van der Waals surface area contributed by atoms with Gasteiger partial charge in [-0.25, -0.2) is 4.89 Å². The van der Waals surface area contributed by atoms with Gasteiger partial charge in [0.15, 0.2) is 6.11 Å². The largest absolute Gasteiger partial charge is 0.210 e. The van der Waals surface area contributed by atoms with Crippen LogP contribution in [0.3, 0.4) is 0 Å². The molecule has 0 radical (unpaired) electrons. The maximum atomic E-state index is 4.13. The van der Waals surface area contributed by atoms with Crippen LogP contribution in [0.4, 0.5) is 0 Å². The van der Waals surface area contributed by atoms with Crippen molar-refractivity contribution in [2.75, 3.05) is 0 Å². The minimum atomic E-state index is 1.61. The quantitative estimate of drug-likeness (QED) is 0.136. The minimum absolute atomic E-state index is 1.61. The van der Waals surface area contributed by atoms with Crippen LogP contribution >= 0.6 is 0 Å². The molecule has 0 aromatic heterocycles. The van der Waals surface area contributed by atoms with E-state index >= 15 is 0 Å². The third-order valence-electron chi connectivity index (χ3n) is 0.343. The highest BCUT2D eigenvalue weighted by molar-refractivity contribution is 5.48. The van der Waals surface area contributed by atoms with Crippen molar-refractivity contribution in [2.24, 2.45) is 5.16 Å². The fraction of sp³-hybridized carbons (Fsp3) is 0.167. The van der Waals surface area contributed by atoms with Crippen LogP contribution in [0.25, 0.3) is 0 Å². The molecule has 0 aromatic carbocycles. The van der Waals surface area contributed by atoms with Gasteiger partial charge in [-0.15, -0.1) is 4.99 Å². The zero-order valence-corrected chi connectivity index (χ0v) is 4.97. The van der Waals surface area contributed by atoms with E-state index in [0.717, 1.165) is 0 Å². The summed E-state index contributed by atoms with van der Waals surface area (Å²) in [5.41, 5.74) is 2.22. The van der Waals surface area contributed by atoms with E-state index in [0.29, 0.717) is 0 Å². The molecule has 0 bridgehead atoms. The third-order valence-corrected chi connectivity index (χ3v) is 0.343. The van der Waals surface area contributed by atoms with Crippen LogP contribution in [0.15, 0.2) is 17.5 Å². The van der Waals surface area contributed by atoms with Gasteiger partial charge >= 0.3 is 0 Å². The first-order valence-electron chi connectivity index (χ1n) is 2.13. The predicted molar refractivity (Wildman–Crippen MR) is 32.2 cm³/mol. The van der Waals surface area contributed by atoms with Crippen LogP contribution in [0.2, 0.25) is 0 Å². The van der Waals surface area contributed by atoms with Crippen molar-refractivity contribution < 1.29 is 9.88 Å². The second-order valence-electron chi connectivity index (χ2n) is 0.890. The summed E-state index contributed by atoms with van der Waals surface area (Å²) in [4.78, 5) is 8.18. The molecule has 0 aliphatic heterocycles. The fourth-order valence-corrected chi connectivity index (χ4v) is 0.130. The van der Waals surface area contributed by atoms with Gasteiger partial charge < -0.3 is 0 Å². The Bertz CT molecular complexity index is 199. The van der Waals surface area contributed by atoms with Gasteiger partial charge in [0.2, 0.25) is 0 Å². The summed E-state index contributed by atoms with van der Waals surface area (Å²) in [6, 6.07) is 0. The monoisotopic (exact) mass is 123 g/mol. The third kappa shape index (κ3) is 6.39. The van der Waals surface area contributed by atoms with Crippen molar-refractivity contribution >= 4 is 5.87 Å². The molecule has 9 heavy (non-hydrogen) atoms. The summed E-state index contributed by atoms with van der Waals surface area (Å²) in [5, 5.41) is 3.08. The summed E-state index contributed by atoms with van der Waals surface area (Å²) in [7, 11) is 0. The molecule has 0 spiro atoms. The first-order chi connectivity index (χ1) is 4.41. The number of nitrogens with zero attached hydrogens (tertiary/aromatic N) is 1. The van der Waals surface area contributed by atoms with Gasteiger partial charge in [-0.1, -0.05) is 11.7 Å². The molecule has 0 aliphatic rings. The molecule has 0 saturated heterocycles. The number of hydrogen-bond acceptors (Lipinski definition) is 3. The van der Waals surface area contributed by atoms with Crippen molar-refractivity contribution in [1.82, 2.24) is 0 Å². The van der Waals surface area contributed by atoms with Crippen LogP contribution in [0.5, 0.6) is 0 Å². The molecule has 0 atom stereocenters. The van der Waals surface area contributed by atoms with Gasteiger partial charge in [0.1, 0.15) is 0 Å². The van der Waals surface area contributed by atoms with Crippen molar-refractivity contribution in [2.45, 2.75) is 6.92 Å². The average Bonchev–Trinajstić information content (AvgIpc) is 1.89. The molecule has 46 valence electrons. The molecule has 0 N–H and O–H groups in total. The van der Waals surface area contributed by atoms with E-state index in [1.54, 1.807) is 6.92 Å². The van der Waals surface area contributed by atoms with Gasteiger partial charge in [-0.05, 0) is 6.58 Å². The van der Waals surface area contributed by atoms with E-state index in [9.17, 15) is 0 Å². The minimum Gasteiger partial charge on any atom is -0.210 e.